The summed E-state index contributed by atoms with van der Waals surface area (Å²) in [5.74, 6) is 0.720. The average molecular weight is 360 g/mol. The predicted molar refractivity (Wildman–Crippen MR) is 90.3 cm³/mol. The molecule has 2 unspecified atom stereocenters. The summed E-state index contributed by atoms with van der Waals surface area (Å²) in [5.41, 5.74) is 1.22. The standard InChI is InChI=1S/C16H24BrClN2/c1-11(2)6-15-8-19-12(3)9-20(15)10-13-4-5-14(17)7-16(13)18/h4-5,7,11-12,15,19H,6,8-10H2,1-3H3. The van der Waals surface area contributed by atoms with E-state index in [1.807, 2.05) is 6.07 Å². The van der Waals surface area contributed by atoms with E-state index >= 15 is 0 Å². The fraction of sp³-hybridized carbons (Fsp3) is 0.625. The van der Waals surface area contributed by atoms with E-state index in [4.69, 9.17) is 11.6 Å². The van der Waals surface area contributed by atoms with Crippen LogP contribution in [-0.2, 0) is 6.54 Å². The van der Waals surface area contributed by atoms with Gasteiger partial charge in [0.15, 0.2) is 0 Å². The van der Waals surface area contributed by atoms with Crippen molar-refractivity contribution in [1.29, 1.82) is 0 Å². The summed E-state index contributed by atoms with van der Waals surface area (Å²) < 4.78 is 1.04. The number of nitrogens with zero attached hydrogens (tertiary/aromatic N) is 1. The van der Waals surface area contributed by atoms with Gasteiger partial charge in [0, 0.05) is 41.2 Å². The first-order chi connectivity index (χ1) is 9.45. The maximum absolute atomic E-state index is 6.37. The summed E-state index contributed by atoms with van der Waals surface area (Å²) in [6, 6.07) is 7.34. The first-order valence-electron chi connectivity index (χ1n) is 7.37. The van der Waals surface area contributed by atoms with Gasteiger partial charge in [-0.15, -0.1) is 0 Å². The molecule has 0 saturated carbocycles. The van der Waals surface area contributed by atoms with Crippen LogP contribution in [0, 0.1) is 5.92 Å². The molecule has 20 heavy (non-hydrogen) atoms. The second-order valence-corrected chi connectivity index (χ2v) is 7.58. The van der Waals surface area contributed by atoms with Crippen LogP contribution < -0.4 is 5.32 Å². The van der Waals surface area contributed by atoms with E-state index in [1.165, 1.54) is 12.0 Å². The van der Waals surface area contributed by atoms with Crippen molar-refractivity contribution in [1.82, 2.24) is 10.2 Å². The van der Waals surface area contributed by atoms with Crippen LogP contribution in [0.15, 0.2) is 22.7 Å². The van der Waals surface area contributed by atoms with Gasteiger partial charge in [0.1, 0.15) is 0 Å². The van der Waals surface area contributed by atoms with Crippen molar-refractivity contribution in [3.8, 4) is 0 Å². The largest absolute Gasteiger partial charge is 0.311 e. The number of halogens is 2. The van der Waals surface area contributed by atoms with E-state index in [0.29, 0.717) is 12.1 Å². The molecule has 1 aliphatic heterocycles. The Kier molecular flexibility index (Phi) is 5.91. The first kappa shape index (κ1) is 16.3. The van der Waals surface area contributed by atoms with Crippen molar-refractivity contribution >= 4 is 27.5 Å². The Morgan fingerprint density at radius 3 is 2.85 bits per heavy atom. The van der Waals surface area contributed by atoms with Gasteiger partial charge in [0.2, 0.25) is 0 Å². The van der Waals surface area contributed by atoms with Crippen LogP contribution in [0.3, 0.4) is 0 Å². The van der Waals surface area contributed by atoms with E-state index in [2.05, 4.69) is 59.1 Å². The number of hydrogen-bond acceptors (Lipinski definition) is 2. The second kappa shape index (κ2) is 7.26. The molecule has 1 N–H and O–H groups in total. The Bertz CT molecular complexity index is 450. The lowest BCUT2D eigenvalue weighted by Crippen LogP contribution is -2.55. The van der Waals surface area contributed by atoms with Crippen LogP contribution in [0.5, 0.6) is 0 Å². The summed E-state index contributed by atoms with van der Waals surface area (Å²) in [6.45, 7) is 9.94. The van der Waals surface area contributed by atoms with Crippen LogP contribution in [0.25, 0.3) is 0 Å². The maximum Gasteiger partial charge on any atom is 0.0462 e. The van der Waals surface area contributed by atoms with Gasteiger partial charge in [-0.05, 0) is 37.0 Å². The molecule has 0 bridgehead atoms. The zero-order valence-electron chi connectivity index (χ0n) is 12.5. The molecule has 1 fully saturated rings. The highest BCUT2D eigenvalue weighted by Crippen LogP contribution is 2.25. The van der Waals surface area contributed by atoms with Crippen LogP contribution in [0.4, 0.5) is 0 Å². The Morgan fingerprint density at radius 2 is 2.20 bits per heavy atom. The fourth-order valence-electron chi connectivity index (χ4n) is 2.87. The van der Waals surface area contributed by atoms with E-state index < -0.39 is 0 Å². The molecule has 0 aromatic heterocycles. The SMILES string of the molecule is CC(C)CC1CNC(C)CN1Cc1ccc(Br)cc1Cl. The van der Waals surface area contributed by atoms with E-state index in [1.54, 1.807) is 0 Å². The van der Waals surface area contributed by atoms with Crippen molar-refractivity contribution in [3.05, 3.63) is 33.3 Å². The van der Waals surface area contributed by atoms with Gasteiger partial charge in [0.25, 0.3) is 0 Å². The fourth-order valence-corrected chi connectivity index (χ4v) is 3.60. The smallest absolute Gasteiger partial charge is 0.0462 e. The lowest BCUT2D eigenvalue weighted by Gasteiger charge is -2.40. The van der Waals surface area contributed by atoms with Gasteiger partial charge in [-0.1, -0.05) is 47.4 Å². The van der Waals surface area contributed by atoms with Gasteiger partial charge in [-0.25, -0.2) is 0 Å². The summed E-state index contributed by atoms with van der Waals surface area (Å²) in [5, 5.41) is 4.45. The quantitative estimate of drug-likeness (QED) is 0.861. The molecule has 2 atom stereocenters. The topological polar surface area (TPSA) is 15.3 Å². The molecule has 0 aliphatic carbocycles. The summed E-state index contributed by atoms with van der Waals surface area (Å²) in [7, 11) is 0. The Morgan fingerprint density at radius 1 is 1.45 bits per heavy atom. The third-order valence-corrected chi connectivity index (χ3v) is 4.70. The highest BCUT2D eigenvalue weighted by molar-refractivity contribution is 9.10. The monoisotopic (exact) mass is 358 g/mol. The Labute approximate surface area is 136 Å². The van der Waals surface area contributed by atoms with Crippen LogP contribution in [0.2, 0.25) is 5.02 Å². The van der Waals surface area contributed by atoms with Crippen molar-refractivity contribution in [3.63, 3.8) is 0 Å². The molecule has 0 amide bonds. The molecule has 1 aliphatic rings. The first-order valence-corrected chi connectivity index (χ1v) is 8.54. The molecule has 1 saturated heterocycles. The third kappa shape index (κ3) is 4.45. The molecule has 0 spiro atoms. The number of rotatable bonds is 4. The second-order valence-electron chi connectivity index (χ2n) is 6.26. The summed E-state index contributed by atoms with van der Waals surface area (Å²) >= 11 is 9.83. The van der Waals surface area contributed by atoms with E-state index in [9.17, 15) is 0 Å². The van der Waals surface area contributed by atoms with E-state index in [0.717, 1.165) is 35.0 Å². The van der Waals surface area contributed by atoms with Crippen LogP contribution in [-0.4, -0.2) is 30.1 Å². The average Bonchev–Trinajstić information content (AvgIpc) is 2.35. The highest BCUT2D eigenvalue weighted by Gasteiger charge is 2.26. The van der Waals surface area contributed by atoms with E-state index in [-0.39, 0.29) is 0 Å². The maximum atomic E-state index is 6.37. The zero-order chi connectivity index (χ0) is 14.7. The normalized spacial score (nSPS) is 24.3. The highest BCUT2D eigenvalue weighted by atomic mass is 79.9. The number of benzene rings is 1. The van der Waals surface area contributed by atoms with Crippen LogP contribution >= 0.6 is 27.5 Å². The molecule has 4 heteroatoms. The van der Waals surface area contributed by atoms with Crippen molar-refractivity contribution in [2.75, 3.05) is 13.1 Å². The van der Waals surface area contributed by atoms with Crippen LogP contribution in [0.1, 0.15) is 32.8 Å². The van der Waals surface area contributed by atoms with Gasteiger partial charge in [-0.3, -0.25) is 4.90 Å². The third-order valence-electron chi connectivity index (χ3n) is 3.86. The Balaban J connectivity index is 2.10. The number of piperazine rings is 1. The molecule has 1 aromatic carbocycles. The minimum absolute atomic E-state index is 0.549. The predicted octanol–water partition coefficient (Wildman–Crippen LogP) is 4.31. The molecule has 0 radical (unpaired) electrons. The number of hydrogen-bond donors (Lipinski definition) is 1. The molecular formula is C16H24BrClN2. The molecule has 112 valence electrons. The van der Waals surface area contributed by atoms with Crippen molar-refractivity contribution in [2.24, 2.45) is 5.92 Å². The minimum Gasteiger partial charge on any atom is -0.311 e. The Hall–Kier alpha value is -0.0900. The molecule has 2 nitrogen and oxygen atoms in total. The van der Waals surface area contributed by atoms with Crippen molar-refractivity contribution in [2.45, 2.75) is 45.8 Å². The molecular weight excluding hydrogens is 336 g/mol. The summed E-state index contributed by atoms with van der Waals surface area (Å²) in [4.78, 5) is 2.58. The summed E-state index contributed by atoms with van der Waals surface area (Å²) in [6.07, 6.45) is 1.23. The molecule has 2 rings (SSSR count). The molecule has 1 heterocycles. The lowest BCUT2D eigenvalue weighted by molar-refractivity contribution is 0.111. The van der Waals surface area contributed by atoms with Gasteiger partial charge in [0.05, 0.1) is 0 Å². The minimum atomic E-state index is 0.549. The molecule has 1 aromatic rings. The van der Waals surface area contributed by atoms with Gasteiger partial charge in [-0.2, -0.15) is 0 Å². The number of nitrogens with one attached hydrogen (secondary N) is 1. The van der Waals surface area contributed by atoms with Gasteiger partial charge >= 0.3 is 0 Å². The zero-order valence-corrected chi connectivity index (χ0v) is 14.8. The van der Waals surface area contributed by atoms with Gasteiger partial charge < -0.3 is 5.32 Å². The lowest BCUT2D eigenvalue weighted by atomic mass is 9.98. The van der Waals surface area contributed by atoms with Crippen molar-refractivity contribution < 1.29 is 0 Å².